The Morgan fingerprint density at radius 2 is 1.02 bits per heavy atom. The van der Waals surface area contributed by atoms with Crippen molar-refractivity contribution in [2.24, 2.45) is 0 Å². The van der Waals surface area contributed by atoms with Gasteiger partial charge < -0.3 is 28.5 Å². The third-order valence-corrected chi connectivity index (χ3v) is 8.81. The summed E-state index contributed by atoms with van der Waals surface area (Å²) in [5, 5.41) is 9.61. The van der Waals surface area contributed by atoms with E-state index in [1.165, 1.54) is 38.5 Å². The van der Waals surface area contributed by atoms with E-state index in [9.17, 15) is 19.5 Å². The van der Waals surface area contributed by atoms with Crippen LogP contribution >= 0.6 is 0 Å². The normalized spacial score (nSPS) is 13.4. The molecule has 312 valence electrons. The van der Waals surface area contributed by atoms with E-state index in [0.29, 0.717) is 17.4 Å². The van der Waals surface area contributed by atoms with Gasteiger partial charge in [-0.3, -0.25) is 9.59 Å². The number of ether oxygens (including phenoxy) is 4. The Hall–Kier alpha value is -2.75. The molecule has 54 heavy (non-hydrogen) atoms. The van der Waals surface area contributed by atoms with Crippen LogP contribution in [0.4, 0.5) is 0 Å². The lowest BCUT2D eigenvalue weighted by Gasteiger charge is -2.25. The van der Waals surface area contributed by atoms with Gasteiger partial charge in [0.2, 0.25) is 0 Å². The number of unbranched alkanes of at least 4 members (excludes halogenated alkanes) is 15. The lowest BCUT2D eigenvalue weighted by atomic mass is 10.1. The molecule has 9 heteroatoms. The van der Waals surface area contributed by atoms with Crippen molar-refractivity contribution in [2.45, 2.75) is 174 Å². The Kier molecular flexibility index (Phi) is 35.3. The van der Waals surface area contributed by atoms with Crippen LogP contribution in [0.1, 0.15) is 162 Å². The first-order valence-electron chi connectivity index (χ1n) is 21.3. The molecule has 0 aliphatic carbocycles. The van der Waals surface area contributed by atoms with E-state index in [1.807, 2.05) is 21.1 Å². The molecular weight excluding hydrogens is 682 g/mol. The zero-order chi connectivity index (χ0) is 40.0. The fraction of sp³-hybridized carbons (Fsp3) is 0.756. The van der Waals surface area contributed by atoms with Gasteiger partial charge in [0.25, 0.3) is 6.29 Å². The van der Waals surface area contributed by atoms with Crippen molar-refractivity contribution in [1.82, 2.24) is 0 Å². The second kappa shape index (κ2) is 37.2. The minimum atomic E-state index is -1.52. The highest BCUT2D eigenvalue weighted by atomic mass is 16.7. The third kappa shape index (κ3) is 37.6. The molecule has 0 aliphatic rings. The number of quaternary nitrogens is 1. The van der Waals surface area contributed by atoms with Gasteiger partial charge in [-0.15, -0.1) is 0 Å². The SMILES string of the molecule is CCCC/C=C\C/C=C\CCCCCCCC(=O)OCC(COC(OCC[N+](C)(C)C)C(=O)O)OC(=O)CCCCCCC/C=C\C/C=C\CCCCC. The molecule has 0 aromatic rings. The quantitative estimate of drug-likeness (QED) is 0.0218. The fourth-order valence-corrected chi connectivity index (χ4v) is 5.41. The van der Waals surface area contributed by atoms with E-state index in [-0.39, 0.29) is 38.6 Å². The molecule has 0 aliphatic heterocycles. The maximum absolute atomic E-state index is 12.7. The molecular formula is C45H80NO8+. The van der Waals surface area contributed by atoms with Crippen LogP contribution in [0.2, 0.25) is 0 Å². The summed E-state index contributed by atoms with van der Waals surface area (Å²) < 4.78 is 22.7. The highest BCUT2D eigenvalue weighted by Crippen LogP contribution is 2.12. The number of likely N-dealkylation sites (N-methyl/N-ethyl adjacent to an activating group) is 1. The van der Waals surface area contributed by atoms with Crippen LogP contribution in [0, 0.1) is 0 Å². The molecule has 0 fully saturated rings. The number of hydrogen-bond donors (Lipinski definition) is 1. The van der Waals surface area contributed by atoms with Gasteiger partial charge in [-0.05, 0) is 70.6 Å². The number of hydrogen-bond acceptors (Lipinski definition) is 7. The van der Waals surface area contributed by atoms with Crippen LogP contribution in [0.25, 0.3) is 0 Å². The Balaban J connectivity index is 4.54. The van der Waals surface area contributed by atoms with Gasteiger partial charge in [-0.2, -0.15) is 0 Å². The summed E-state index contributed by atoms with van der Waals surface area (Å²) in [5.74, 6) is -2.05. The maximum atomic E-state index is 12.7. The molecule has 0 aromatic carbocycles. The fourth-order valence-electron chi connectivity index (χ4n) is 5.41. The number of allylic oxidation sites excluding steroid dienone is 8. The van der Waals surface area contributed by atoms with E-state index >= 15 is 0 Å². The van der Waals surface area contributed by atoms with Crippen LogP contribution in [0.15, 0.2) is 48.6 Å². The number of nitrogens with zero attached hydrogens (tertiary/aromatic N) is 1. The molecule has 0 bridgehead atoms. The molecule has 0 saturated heterocycles. The molecule has 0 saturated carbocycles. The summed E-state index contributed by atoms with van der Waals surface area (Å²) in [4.78, 5) is 37.0. The van der Waals surface area contributed by atoms with Crippen molar-refractivity contribution in [2.75, 3.05) is 47.5 Å². The molecule has 0 radical (unpaired) electrons. The number of carbonyl (C=O) groups is 3. The van der Waals surface area contributed by atoms with Crippen molar-refractivity contribution in [3.05, 3.63) is 48.6 Å². The smallest absolute Gasteiger partial charge is 0.361 e. The zero-order valence-corrected chi connectivity index (χ0v) is 35.1. The van der Waals surface area contributed by atoms with Crippen molar-refractivity contribution in [1.29, 1.82) is 0 Å². The van der Waals surface area contributed by atoms with Gasteiger partial charge in [0.05, 0.1) is 34.4 Å². The van der Waals surface area contributed by atoms with E-state index in [0.717, 1.165) is 89.9 Å². The topological polar surface area (TPSA) is 108 Å². The number of esters is 2. The van der Waals surface area contributed by atoms with Crippen LogP contribution in [0.3, 0.4) is 0 Å². The van der Waals surface area contributed by atoms with Crippen LogP contribution in [-0.4, -0.2) is 87.4 Å². The average molecular weight is 763 g/mol. The summed E-state index contributed by atoms with van der Waals surface area (Å²) in [5.41, 5.74) is 0. The molecule has 0 heterocycles. The van der Waals surface area contributed by atoms with Crippen molar-refractivity contribution < 1.29 is 42.9 Å². The first-order chi connectivity index (χ1) is 26.1. The van der Waals surface area contributed by atoms with Gasteiger partial charge in [0.15, 0.2) is 6.10 Å². The predicted molar refractivity (Wildman–Crippen MR) is 221 cm³/mol. The Morgan fingerprint density at radius 3 is 1.52 bits per heavy atom. The first-order valence-corrected chi connectivity index (χ1v) is 21.3. The summed E-state index contributed by atoms with van der Waals surface area (Å²) in [6, 6.07) is 0. The Labute approximate surface area is 330 Å². The van der Waals surface area contributed by atoms with Gasteiger partial charge in [-0.25, -0.2) is 4.79 Å². The largest absolute Gasteiger partial charge is 0.477 e. The molecule has 0 aromatic heterocycles. The molecule has 1 N–H and O–H groups in total. The highest BCUT2D eigenvalue weighted by Gasteiger charge is 2.25. The molecule has 2 unspecified atom stereocenters. The van der Waals surface area contributed by atoms with Crippen molar-refractivity contribution in [3.63, 3.8) is 0 Å². The minimum Gasteiger partial charge on any atom is -0.477 e. The Morgan fingerprint density at radius 1 is 0.556 bits per heavy atom. The third-order valence-electron chi connectivity index (χ3n) is 8.81. The number of carbonyl (C=O) groups excluding carboxylic acids is 2. The summed E-state index contributed by atoms with van der Waals surface area (Å²) >= 11 is 0. The summed E-state index contributed by atoms with van der Waals surface area (Å²) in [7, 11) is 5.94. The van der Waals surface area contributed by atoms with E-state index in [2.05, 4.69) is 62.5 Å². The molecule has 2 atom stereocenters. The van der Waals surface area contributed by atoms with Gasteiger partial charge in [0, 0.05) is 12.8 Å². The van der Waals surface area contributed by atoms with Crippen LogP contribution in [0.5, 0.6) is 0 Å². The van der Waals surface area contributed by atoms with Crippen LogP contribution in [-0.2, 0) is 33.3 Å². The number of carboxylic acid groups (broad SMARTS) is 1. The van der Waals surface area contributed by atoms with Crippen LogP contribution < -0.4 is 0 Å². The predicted octanol–water partition coefficient (Wildman–Crippen LogP) is 10.8. The minimum absolute atomic E-state index is 0.181. The second-order valence-corrected chi connectivity index (χ2v) is 15.3. The molecule has 0 amide bonds. The van der Waals surface area contributed by atoms with Crippen molar-refractivity contribution in [3.8, 4) is 0 Å². The lowest BCUT2D eigenvalue weighted by molar-refractivity contribution is -0.870. The zero-order valence-electron chi connectivity index (χ0n) is 35.1. The monoisotopic (exact) mass is 763 g/mol. The van der Waals surface area contributed by atoms with Gasteiger partial charge >= 0.3 is 17.9 Å². The highest BCUT2D eigenvalue weighted by molar-refractivity contribution is 5.71. The lowest BCUT2D eigenvalue weighted by Crippen LogP contribution is -2.40. The van der Waals surface area contributed by atoms with Crippen molar-refractivity contribution >= 4 is 17.9 Å². The van der Waals surface area contributed by atoms with Gasteiger partial charge in [0.1, 0.15) is 13.2 Å². The number of carboxylic acids is 1. The van der Waals surface area contributed by atoms with E-state index < -0.39 is 24.3 Å². The second-order valence-electron chi connectivity index (χ2n) is 15.3. The Bertz CT molecular complexity index is 1030. The number of rotatable bonds is 38. The average Bonchev–Trinajstić information content (AvgIpc) is 3.12. The maximum Gasteiger partial charge on any atom is 0.361 e. The number of aliphatic carboxylic acids is 1. The molecule has 9 nitrogen and oxygen atoms in total. The summed E-state index contributed by atoms with van der Waals surface area (Å²) in [6.45, 7) is 4.75. The standard InChI is InChI=1S/C45H79NO8/c1-6-8-10-12-14-16-18-20-22-24-26-28-30-32-34-36-43(48)54-41(40-53-45(44(49)50)51-38-37-46(3,4)5)39-52-42(47)35-33-31-29-27-25-23-21-19-17-15-13-11-9-7-2/h13-16,19-22,41,45H,6-12,17-18,23-40H2,1-5H3/p+1/b15-13-,16-14-,21-19-,22-20-. The summed E-state index contributed by atoms with van der Waals surface area (Å²) in [6.07, 6.45) is 38.8. The van der Waals surface area contributed by atoms with Gasteiger partial charge in [-0.1, -0.05) is 127 Å². The van der Waals surface area contributed by atoms with E-state index in [4.69, 9.17) is 18.9 Å². The molecule has 0 rings (SSSR count). The first kappa shape index (κ1) is 51.2. The van der Waals surface area contributed by atoms with E-state index in [1.54, 1.807) is 0 Å². The molecule has 0 spiro atoms.